The maximum Gasteiger partial charge on any atom is 3.00 e. The van der Waals surface area contributed by atoms with Gasteiger partial charge in [-0.05, 0) is 166 Å². The van der Waals surface area contributed by atoms with E-state index < -0.39 is 19.7 Å². The van der Waals surface area contributed by atoms with Gasteiger partial charge in [0, 0.05) is 45.8 Å². The zero-order valence-corrected chi connectivity index (χ0v) is 63.6. The van der Waals surface area contributed by atoms with Crippen LogP contribution in [0, 0.1) is 37.4 Å². The van der Waals surface area contributed by atoms with Gasteiger partial charge >= 0.3 is 40.2 Å². The van der Waals surface area contributed by atoms with Gasteiger partial charge in [-0.3, -0.25) is 9.97 Å². The first-order chi connectivity index (χ1) is 50.9. The summed E-state index contributed by atoms with van der Waals surface area (Å²) in [4.78, 5) is 12.6. The SMILES string of the molecule is CC(C)c1cc(-c2ccccc2)cc(C(C)C)c1-n1ccnc1-c1[c-]cccc1.CC(C)c1cc(-c2ccccc2)cc(C(C)C)c1-n1ccnc1-c1[c-]cccc1.[2H]C([2H])([2H])C([2H])(C)N1C=CC(c2[c-]ccc3c2Cc2ccccc2-3)[CH-]1.[2H]C([2H])([2H])CN1C=CC(c2[c-]ccc3c2Cc2ccccc2-3)[CH-]1.[Ir+3].[Ir+3]. The zero-order valence-electron chi connectivity index (χ0n) is 65.8. The fourth-order valence-corrected chi connectivity index (χ4v) is 14.2. The zero-order chi connectivity index (χ0) is 74.6. The first kappa shape index (κ1) is 64.1. The Morgan fingerprint density at radius 1 is 0.455 bits per heavy atom. The number of fused-ring (bicyclic) bond motifs is 6. The van der Waals surface area contributed by atoms with Crippen LogP contribution in [0.4, 0.5) is 0 Å². The molecule has 16 rings (SSSR count). The van der Waals surface area contributed by atoms with Gasteiger partial charge in [0.15, 0.2) is 0 Å². The predicted molar refractivity (Wildman–Crippen MR) is 412 cm³/mol. The molecule has 8 heteroatoms. The van der Waals surface area contributed by atoms with Gasteiger partial charge in [0.25, 0.3) is 0 Å². The van der Waals surface area contributed by atoms with Gasteiger partial charge in [-0.25, -0.2) is 13.1 Å². The van der Waals surface area contributed by atoms with Crippen molar-refractivity contribution in [3.8, 4) is 78.7 Å². The summed E-state index contributed by atoms with van der Waals surface area (Å²) in [5.74, 6) is 3.46. The van der Waals surface area contributed by atoms with E-state index in [-0.39, 0.29) is 58.6 Å². The van der Waals surface area contributed by atoms with Crippen molar-refractivity contribution in [2.75, 3.05) is 6.54 Å². The molecule has 6 nitrogen and oxygen atoms in total. The third-order valence-electron chi connectivity index (χ3n) is 19.2. The average molecular weight is 1680 g/mol. The second-order valence-corrected chi connectivity index (χ2v) is 27.1. The van der Waals surface area contributed by atoms with Crippen molar-refractivity contribution >= 4 is 0 Å². The summed E-state index contributed by atoms with van der Waals surface area (Å²) >= 11 is 0. The maximum absolute atomic E-state index is 8.26. The summed E-state index contributed by atoms with van der Waals surface area (Å²) in [7, 11) is 0. The van der Waals surface area contributed by atoms with Gasteiger partial charge in [0.2, 0.25) is 0 Å². The fraction of sp³-hybridized carbons (Fsp3) is 0.226. The summed E-state index contributed by atoms with van der Waals surface area (Å²) in [5, 5.41) is 0. The van der Waals surface area contributed by atoms with Crippen LogP contribution < -0.4 is 0 Å². The van der Waals surface area contributed by atoms with Gasteiger partial charge in [-0.15, -0.1) is 106 Å². The van der Waals surface area contributed by atoms with Gasteiger partial charge in [0.05, 0.1) is 11.6 Å². The van der Waals surface area contributed by atoms with Crippen LogP contribution in [0.1, 0.15) is 177 Å². The fourth-order valence-electron chi connectivity index (χ4n) is 14.2. The second-order valence-electron chi connectivity index (χ2n) is 27.1. The minimum absolute atomic E-state index is 0. The van der Waals surface area contributed by atoms with Crippen LogP contribution >= 0.6 is 0 Å². The molecule has 4 heterocycles. The Bertz CT molecular complexity index is 4860. The monoisotopic (exact) mass is 1680 g/mol. The van der Waals surface area contributed by atoms with Crippen LogP contribution in [0.15, 0.2) is 256 Å². The number of rotatable bonds is 14. The van der Waals surface area contributed by atoms with Crippen LogP contribution in [-0.4, -0.2) is 41.5 Å². The number of nitrogens with zero attached hydrogens (tertiary/aromatic N) is 6. The molecular formula is C93H90Ir2N6. The van der Waals surface area contributed by atoms with E-state index in [1.54, 1.807) is 11.1 Å². The molecular weight excluding hydrogens is 1590 g/mol. The summed E-state index contributed by atoms with van der Waals surface area (Å²) < 4.78 is 57.8. The minimum Gasteiger partial charge on any atom is -0.528 e. The largest absolute Gasteiger partial charge is 3.00 e. The van der Waals surface area contributed by atoms with Crippen LogP contribution in [0.5, 0.6) is 0 Å². The Hall–Kier alpha value is -9.00. The molecule has 4 aliphatic rings. The predicted octanol–water partition coefficient (Wildman–Crippen LogP) is 23.2. The van der Waals surface area contributed by atoms with E-state index >= 15 is 0 Å². The first-order valence-electron chi connectivity index (χ1n) is 38.2. The Morgan fingerprint density at radius 2 is 0.871 bits per heavy atom. The van der Waals surface area contributed by atoms with Gasteiger partial charge < -0.3 is 18.9 Å². The first-order valence-corrected chi connectivity index (χ1v) is 34.7. The molecule has 3 atom stereocenters. The van der Waals surface area contributed by atoms with Crippen LogP contribution in [0.25, 0.3) is 78.7 Å². The number of hydrogen-bond donors (Lipinski definition) is 0. The van der Waals surface area contributed by atoms with Gasteiger partial charge in [-0.2, -0.15) is 47.5 Å². The van der Waals surface area contributed by atoms with Crippen molar-refractivity contribution in [2.45, 2.75) is 130 Å². The molecule has 0 spiro atoms. The van der Waals surface area contributed by atoms with Crippen molar-refractivity contribution in [2.24, 2.45) is 0 Å². The third-order valence-corrected chi connectivity index (χ3v) is 19.2. The molecule has 2 aliphatic carbocycles. The molecule has 0 N–H and O–H groups in total. The molecule has 0 radical (unpaired) electrons. The van der Waals surface area contributed by atoms with Crippen LogP contribution in [0.2, 0.25) is 0 Å². The number of imidazole rings is 2. The normalized spacial score (nSPS) is 16.2. The van der Waals surface area contributed by atoms with Crippen LogP contribution in [-0.2, 0) is 53.1 Å². The molecule has 510 valence electrons. The molecule has 3 unspecified atom stereocenters. The third kappa shape index (κ3) is 15.9. The maximum atomic E-state index is 8.26. The van der Waals surface area contributed by atoms with Crippen molar-refractivity contribution in [3.63, 3.8) is 0 Å². The molecule has 0 saturated heterocycles. The molecule has 12 aromatic rings. The molecule has 0 amide bonds. The summed E-state index contributed by atoms with van der Waals surface area (Å²) in [6.45, 7) is 19.1. The second kappa shape index (κ2) is 33.2. The van der Waals surface area contributed by atoms with Crippen molar-refractivity contribution in [1.82, 2.24) is 28.9 Å². The molecule has 0 saturated carbocycles. The van der Waals surface area contributed by atoms with Gasteiger partial charge in [0.1, 0.15) is 0 Å². The van der Waals surface area contributed by atoms with E-state index in [1.165, 1.54) is 112 Å². The topological polar surface area (TPSA) is 42.1 Å². The molecule has 10 aromatic carbocycles. The Kier molecular flexibility index (Phi) is 21.1. The van der Waals surface area contributed by atoms with Crippen molar-refractivity contribution in [3.05, 3.63) is 349 Å². The standard InChI is InChI=1S/2C27H27N2.C20H19N.C19H17N.2Ir/c2*1-19(2)24-17-23(21-11-7-5-8-12-21)18-25(20(3)4)26(24)29-16-15-28-27(29)22-13-9-6-10-14-22;1-14(2)21-11-10-16(13-21)18-8-5-9-19-17-7-4-3-6-15(17)12-20(18)19;1-2-20-11-10-15(13-20)17-8-5-9-18-16-7-4-3-6-14(16)12-19(17)18;;/h2*5-13,15-20H,1-4H3;3-7,9-11,13-14,16H,12H2,1-2H3;3-7,9-11,13,15H,2,12H2,1H3;;/q2*-1;2*-2;2*+3/i;;1D3,14D;1D3;;. The summed E-state index contributed by atoms with van der Waals surface area (Å²) in [6, 6.07) is 83.5. The van der Waals surface area contributed by atoms with E-state index in [1.807, 2.05) is 86.3 Å². The number of hydrogen-bond acceptors (Lipinski definition) is 4. The van der Waals surface area contributed by atoms with Gasteiger partial charge in [-0.1, -0.05) is 184 Å². The molecule has 0 fully saturated rings. The average Bonchev–Trinajstić information content (AvgIpc) is 1.63. The Labute approximate surface area is 638 Å². The Balaban J connectivity index is 0.000000143. The molecule has 2 aliphatic heterocycles. The number of aromatic nitrogens is 4. The van der Waals surface area contributed by atoms with Crippen molar-refractivity contribution < 1.29 is 49.8 Å². The summed E-state index contributed by atoms with van der Waals surface area (Å²) in [6.07, 6.45) is 17.3. The molecule has 0 bridgehead atoms. The van der Waals surface area contributed by atoms with E-state index in [9.17, 15) is 0 Å². The summed E-state index contributed by atoms with van der Waals surface area (Å²) in [5.41, 5.74) is 27.4. The van der Waals surface area contributed by atoms with Crippen LogP contribution in [0.3, 0.4) is 0 Å². The molecule has 2 aromatic heterocycles. The molecule has 101 heavy (non-hydrogen) atoms. The van der Waals surface area contributed by atoms with Crippen molar-refractivity contribution in [1.29, 1.82) is 0 Å². The van der Waals surface area contributed by atoms with E-state index in [0.717, 1.165) is 46.7 Å². The minimum atomic E-state index is -2.39. The Morgan fingerprint density at radius 3 is 1.29 bits per heavy atom. The number of likely N-dealkylation sites (N-methyl/N-ethyl adjacent to an activating group) is 1. The van der Waals surface area contributed by atoms with E-state index in [2.05, 4.69) is 275 Å². The quantitative estimate of drug-likeness (QED) is 0.102. The van der Waals surface area contributed by atoms with E-state index in [4.69, 9.17) is 9.60 Å². The smallest absolute Gasteiger partial charge is 0.528 e. The number of benzene rings is 10. The van der Waals surface area contributed by atoms with E-state index in [0.29, 0.717) is 23.7 Å².